The van der Waals surface area contributed by atoms with Crippen molar-refractivity contribution < 1.29 is 18.7 Å². The quantitative estimate of drug-likeness (QED) is 0.575. The predicted molar refractivity (Wildman–Crippen MR) is 104 cm³/mol. The van der Waals surface area contributed by atoms with Crippen molar-refractivity contribution in [1.82, 2.24) is 15.0 Å². The zero-order valence-electron chi connectivity index (χ0n) is 15.3. The molecule has 8 heteroatoms. The van der Waals surface area contributed by atoms with Gasteiger partial charge in [-0.15, -0.1) is 10.2 Å². The van der Waals surface area contributed by atoms with Gasteiger partial charge < -0.3 is 14.8 Å². The predicted octanol–water partition coefficient (Wildman–Crippen LogP) is 3.85. The Bertz CT molecular complexity index is 1250. The molecule has 144 valence electrons. The Morgan fingerprint density at radius 1 is 1.00 bits per heavy atom. The van der Waals surface area contributed by atoms with Crippen LogP contribution in [-0.2, 0) is 0 Å². The van der Waals surface area contributed by atoms with Crippen molar-refractivity contribution >= 4 is 22.6 Å². The summed E-state index contributed by atoms with van der Waals surface area (Å²) in [7, 11) is 0. The lowest BCUT2D eigenvalue weighted by atomic mass is 10.1. The van der Waals surface area contributed by atoms with Crippen molar-refractivity contribution in [2.75, 3.05) is 12.1 Å². The van der Waals surface area contributed by atoms with E-state index in [4.69, 9.17) is 9.47 Å². The fourth-order valence-electron chi connectivity index (χ4n) is 3.12. The largest absolute Gasteiger partial charge is 0.454 e. The Balaban J connectivity index is 1.44. The van der Waals surface area contributed by atoms with Crippen LogP contribution in [0.3, 0.4) is 0 Å². The van der Waals surface area contributed by atoms with Gasteiger partial charge in [-0.25, -0.2) is 4.39 Å². The fraction of sp³-hybridized carbons (Fsp3) is 0.0952. The maximum atomic E-state index is 13.1. The molecule has 0 fully saturated rings. The molecule has 0 saturated carbocycles. The van der Waals surface area contributed by atoms with E-state index in [-0.39, 0.29) is 18.5 Å². The summed E-state index contributed by atoms with van der Waals surface area (Å²) in [5.74, 6) is 0.579. The van der Waals surface area contributed by atoms with E-state index < -0.39 is 0 Å². The molecule has 1 aliphatic rings. The number of hydrogen-bond acceptors (Lipinski definition) is 5. The molecule has 7 nitrogen and oxygen atoms in total. The van der Waals surface area contributed by atoms with Gasteiger partial charge >= 0.3 is 0 Å². The molecule has 3 aromatic carbocycles. The summed E-state index contributed by atoms with van der Waals surface area (Å²) in [6.07, 6.45) is 0. The fourth-order valence-corrected chi connectivity index (χ4v) is 3.12. The molecule has 1 N–H and O–H groups in total. The molecule has 0 aliphatic carbocycles. The maximum Gasteiger partial charge on any atom is 0.255 e. The Morgan fingerprint density at radius 2 is 1.72 bits per heavy atom. The van der Waals surface area contributed by atoms with Crippen LogP contribution in [0.5, 0.6) is 11.5 Å². The smallest absolute Gasteiger partial charge is 0.255 e. The minimum Gasteiger partial charge on any atom is -0.454 e. The number of carbonyl (C=O) groups is 1. The minimum absolute atomic E-state index is 0.153. The van der Waals surface area contributed by atoms with Crippen molar-refractivity contribution in [2.45, 2.75) is 6.92 Å². The Hall–Kier alpha value is -3.94. The molecule has 0 unspecified atom stereocenters. The van der Waals surface area contributed by atoms with Crippen molar-refractivity contribution in [3.8, 4) is 17.2 Å². The number of benzene rings is 3. The second-order valence-electron chi connectivity index (χ2n) is 6.64. The number of anilines is 1. The van der Waals surface area contributed by atoms with E-state index >= 15 is 0 Å². The lowest BCUT2D eigenvalue weighted by Crippen LogP contribution is -2.12. The third-order valence-electron chi connectivity index (χ3n) is 4.67. The van der Waals surface area contributed by atoms with E-state index in [1.807, 2.05) is 13.0 Å². The minimum atomic E-state index is -0.324. The first kappa shape index (κ1) is 17.2. The third kappa shape index (κ3) is 3.14. The van der Waals surface area contributed by atoms with Gasteiger partial charge in [0, 0.05) is 11.3 Å². The highest BCUT2D eigenvalue weighted by Crippen LogP contribution is 2.33. The second kappa shape index (κ2) is 6.59. The van der Waals surface area contributed by atoms with Gasteiger partial charge in [-0.05, 0) is 67.1 Å². The topological polar surface area (TPSA) is 78.3 Å². The Kier molecular flexibility index (Phi) is 3.90. The summed E-state index contributed by atoms with van der Waals surface area (Å²) in [5, 5.41) is 11.8. The van der Waals surface area contributed by atoms with Crippen LogP contribution in [0.15, 0.2) is 54.6 Å². The second-order valence-corrected chi connectivity index (χ2v) is 6.64. The molecular weight excluding hydrogens is 375 g/mol. The number of ether oxygens (including phenoxy) is 2. The van der Waals surface area contributed by atoms with E-state index in [0.717, 1.165) is 5.56 Å². The van der Waals surface area contributed by atoms with E-state index in [2.05, 4.69) is 15.5 Å². The van der Waals surface area contributed by atoms with Gasteiger partial charge in [-0.1, -0.05) is 0 Å². The number of carbonyl (C=O) groups excluding carboxylic acids is 1. The van der Waals surface area contributed by atoms with Crippen molar-refractivity contribution in [3.63, 3.8) is 0 Å². The first-order valence-corrected chi connectivity index (χ1v) is 8.91. The Labute approximate surface area is 164 Å². The lowest BCUT2D eigenvalue weighted by molar-refractivity contribution is 0.102. The summed E-state index contributed by atoms with van der Waals surface area (Å²) in [6, 6.07) is 14.6. The number of nitrogens with zero attached hydrogens (tertiary/aromatic N) is 3. The molecule has 1 aliphatic heterocycles. The average molecular weight is 390 g/mol. The van der Waals surface area contributed by atoms with E-state index in [1.165, 1.54) is 16.9 Å². The molecule has 0 saturated heterocycles. The standard InChI is InChI=1S/C21H15FN4O3/c1-12-8-17-18(25-26(24-17)15-5-3-14(22)4-6-15)10-16(12)23-21(27)13-2-7-19-20(9-13)29-11-28-19/h2-10H,11H2,1H3,(H,23,27). The van der Waals surface area contributed by atoms with Gasteiger partial charge in [-0.3, -0.25) is 4.79 Å². The van der Waals surface area contributed by atoms with Gasteiger partial charge in [0.1, 0.15) is 16.9 Å². The highest BCUT2D eigenvalue weighted by molar-refractivity contribution is 6.05. The molecule has 0 atom stereocenters. The number of halogens is 1. The van der Waals surface area contributed by atoms with E-state index in [9.17, 15) is 9.18 Å². The average Bonchev–Trinajstić information content (AvgIpc) is 3.34. The number of hydrogen-bond donors (Lipinski definition) is 1. The van der Waals surface area contributed by atoms with Crippen molar-refractivity contribution in [3.05, 3.63) is 71.5 Å². The summed E-state index contributed by atoms with van der Waals surface area (Å²) in [4.78, 5) is 14.1. The first-order valence-electron chi connectivity index (χ1n) is 8.91. The summed E-state index contributed by atoms with van der Waals surface area (Å²) in [6.45, 7) is 2.03. The molecular formula is C21H15FN4O3. The SMILES string of the molecule is Cc1cc2nn(-c3ccc(F)cc3)nc2cc1NC(=O)c1ccc2c(c1)OCO2. The number of amides is 1. The summed E-state index contributed by atoms with van der Waals surface area (Å²) < 4.78 is 23.7. The van der Waals surface area contributed by atoms with Crippen molar-refractivity contribution in [1.29, 1.82) is 0 Å². The normalized spacial score (nSPS) is 12.3. The van der Waals surface area contributed by atoms with Crippen LogP contribution in [0, 0.1) is 12.7 Å². The van der Waals surface area contributed by atoms with Gasteiger partial charge in [0.05, 0.1) is 5.69 Å². The zero-order valence-corrected chi connectivity index (χ0v) is 15.3. The summed E-state index contributed by atoms with van der Waals surface area (Å²) >= 11 is 0. The van der Waals surface area contributed by atoms with Crippen LogP contribution in [0.25, 0.3) is 16.7 Å². The molecule has 1 amide bonds. The molecule has 2 heterocycles. The number of aryl methyl sites for hydroxylation is 1. The van der Waals surface area contributed by atoms with Crippen LogP contribution >= 0.6 is 0 Å². The first-order chi connectivity index (χ1) is 14.1. The number of aromatic nitrogens is 3. The number of nitrogens with one attached hydrogen (secondary N) is 1. The molecule has 4 aromatic rings. The van der Waals surface area contributed by atoms with Crippen LogP contribution < -0.4 is 14.8 Å². The van der Waals surface area contributed by atoms with Gasteiger partial charge in [0.2, 0.25) is 6.79 Å². The molecule has 0 spiro atoms. The number of fused-ring (bicyclic) bond motifs is 2. The van der Waals surface area contributed by atoms with Crippen LogP contribution in [0.4, 0.5) is 10.1 Å². The van der Waals surface area contributed by atoms with Gasteiger partial charge in [0.15, 0.2) is 11.5 Å². The number of rotatable bonds is 3. The van der Waals surface area contributed by atoms with Crippen LogP contribution in [0.1, 0.15) is 15.9 Å². The highest BCUT2D eigenvalue weighted by atomic mass is 19.1. The highest BCUT2D eigenvalue weighted by Gasteiger charge is 2.17. The maximum absolute atomic E-state index is 13.1. The van der Waals surface area contributed by atoms with E-state index in [1.54, 1.807) is 36.4 Å². The Morgan fingerprint density at radius 3 is 2.52 bits per heavy atom. The third-order valence-corrected chi connectivity index (χ3v) is 4.67. The molecule has 0 bridgehead atoms. The van der Waals surface area contributed by atoms with E-state index in [0.29, 0.717) is 39.5 Å². The van der Waals surface area contributed by atoms with Gasteiger partial charge in [0.25, 0.3) is 5.91 Å². The summed E-state index contributed by atoms with van der Waals surface area (Å²) in [5.41, 5.74) is 3.87. The lowest BCUT2D eigenvalue weighted by Gasteiger charge is -2.08. The molecule has 1 aromatic heterocycles. The molecule has 0 radical (unpaired) electrons. The zero-order chi connectivity index (χ0) is 20.0. The van der Waals surface area contributed by atoms with Gasteiger partial charge in [-0.2, -0.15) is 4.80 Å². The van der Waals surface area contributed by atoms with Crippen LogP contribution in [0.2, 0.25) is 0 Å². The van der Waals surface area contributed by atoms with Crippen molar-refractivity contribution in [2.24, 2.45) is 0 Å². The monoisotopic (exact) mass is 390 g/mol. The molecule has 29 heavy (non-hydrogen) atoms. The molecule has 5 rings (SSSR count). The van der Waals surface area contributed by atoms with Crippen LogP contribution in [-0.4, -0.2) is 27.7 Å².